The van der Waals surface area contributed by atoms with Crippen LogP contribution < -0.4 is 4.80 Å². The zero-order chi connectivity index (χ0) is 21.2. The van der Waals surface area contributed by atoms with Gasteiger partial charge < -0.3 is 9.30 Å². The van der Waals surface area contributed by atoms with Crippen molar-refractivity contribution in [2.24, 2.45) is 4.99 Å². The standard InChI is InChI=1S/C19H17ClN2O5S2/c1-27-18(24)11-22-15-8-7-13(29(2,25)26)10-16(15)28-19(22)21-17(23)9-12-5-3-4-6-14(12)20/h3-8,10H,9,11H2,1-2H3. The number of rotatable bonds is 5. The number of aromatic nitrogens is 1. The second-order valence-electron chi connectivity index (χ2n) is 6.22. The van der Waals surface area contributed by atoms with Crippen LogP contribution in [0.4, 0.5) is 0 Å². The van der Waals surface area contributed by atoms with Crippen LogP contribution in [0.25, 0.3) is 10.2 Å². The van der Waals surface area contributed by atoms with E-state index < -0.39 is 21.7 Å². The number of carbonyl (C=O) groups is 2. The van der Waals surface area contributed by atoms with E-state index in [-0.39, 0.29) is 22.7 Å². The molecule has 0 aliphatic heterocycles. The number of methoxy groups -OCH3 is 1. The van der Waals surface area contributed by atoms with Crippen molar-refractivity contribution in [1.82, 2.24) is 4.57 Å². The van der Waals surface area contributed by atoms with E-state index in [9.17, 15) is 18.0 Å². The Hall–Kier alpha value is -2.49. The molecular weight excluding hydrogens is 436 g/mol. The Morgan fingerprint density at radius 3 is 2.59 bits per heavy atom. The zero-order valence-corrected chi connectivity index (χ0v) is 18.0. The average Bonchev–Trinajstić information content (AvgIpc) is 2.99. The molecule has 29 heavy (non-hydrogen) atoms. The van der Waals surface area contributed by atoms with E-state index in [2.05, 4.69) is 4.99 Å². The topological polar surface area (TPSA) is 94.8 Å². The first-order valence-electron chi connectivity index (χ1n) is 8.40. The maximum Gasteiger partial charge on any atom is 0.325 e. The number of hydrogen-bond acceptors (Lipinski definition) is 6. The maximum atomic E-state index is 12.5. The lowest BCUT2D eigenvalue weighted by molar-refractivity contribution is -0.141. The van der Waals surface area contributed by atoms with Crippen LogP contribution in [0.1, 0.15) is 5.56 Å². The number of halogens is 1. The van der Waals surface area contributed by atoms with E-state index in [4.69, 9.17) is 16.3 Å². The van der Waals surface area contributed by atoms with E-state index in [0.717, 1.165) is 17.6 Å². The van der Waals surface area contributed by atoms with Crippen molar-refractivity contribution in [3.63, 3.8) is 0 Å². The summed E-state index contributed by atoms with van der Waals surface area (Å²) in [5.74, 6) is -0.955. The molecule has 0 aliphatic rings. The van der Waals surface area contributed by atoms with Gasteiger partial charge in [-0.15, -0.1) is 0 Å². The number of fused-ring (bicyclic) bond motifs is 1. The van der Waals surface area contributed by atoms with Crippen LogP contribution in [0.2, 0.25) is 5.02 Å². The minimum Gasteiger partial charge on any atom is -0.468 e. The average molecular weight is 453 g/mol. The summed E-state index contributed by atoms with van der Waals surface area (Å²) in [5.41, 5.74) is 1.22. The highest BCUT2D eigenvalue weighted by molar-refractivity contribution is 7.90. The van der Waals surface area contributed by atoms with E-state index in [1.54, 1.807) is 30.3 Å². The SMILES string of the molecule is COC(=O)Cn1c(=NC(=O)Cc2ccccc2Cl)sc2cc(S(C)(=O)=O)ccc21. The van der Waals surface area contributed by atoms with Crippen LogP contribution >= 0.6 is 22.9 Å². The third-order valence-electron chi connectivity index (χ3n) is 4.12. The predicted octanol–water partition coefficient (Wildman–Crippen LogP) is 2.60. The van der Waals surface area contributed by atoms with Gasteiger partial charge in [-0.25, -0.2) is 8.42 Å². The number of ether oxygens (including phenoxy) is 1. The van der Waals surface area contributed by atoms with Gasteiger partial charge in [0, 0.05) is 11.3 Å². The summed E-state index contributed by atoms with van der Waals surface area (Å²) in [7, 11) is -2.14. The number of thiazole rings is 1. The summed E-state index contributed by atoms with van der Waals surface area (Å²) in [5, 5.41) is 0.465. The highest BCUT2D eigenvalue weighted by Gasteiger charge is 2.15. The highest BCUT2D eigenvalue weighted by atomic mass is 35.5. The van der Waals surface area contributed by atoms with Gasteiger partial charge in [-0.05, 0) is 29.8 Å². The van der Waals surface area contributed by atoms with E-state index in [0.29, 0.717) is 20.8 Å². The smallest absolute Gasteiger partial charge is 0.325 e. The van der Waals surface area contributed by atoms with Crippen LogP contribution in [0.15, 0.2) is 52.4 Å². The van der Waals surface area contributed by atoms with Crippen molar-refractivity contribution in [2.75, 3.05) is 13.4 Å². The quantitative estimate of drug-likeness (QED) is 0.554. The molecule has 7 nitrogen and oxygen atoms in total. The molecule has 0 N–H and O–H groups in total. The van der Waals surface area contributed by atoms with Crippen LogP contribution in [0, 0.1) is 0 Å². The van der Waals surface area contributed by atoms with Gasteiger partial charge in [-0.3, -0.25) is 9.59 Å². The molecule has 0 radical (unpaired) electrons. The van der Waals surface area contributed by atoms with Gasteiger partial charge in [0.15, 0.2) is 14.6 Å². The predicted molar refractivity (Wildman–Crippen MR) is 111 cm³/mol. The molecule has 1 amide bonds. The molecule has 1 heterocycles. The van der Waals surface area contributed by atoms with Gasteiger partial charge in [-0.1, -0.05) is 41.1 Å². The summed E-state index contributed by atoms with van der Waals surface area (Å²) < 4.78 is 30.5. The lowest BCUT2D eigenvalue weighted by atomic mass is 10.1. The largest absolute Gasteiger partial charge is 0.468 e. The van der Waals surface area contributed by atoms with Crippen molar-refractivity contribution in [3.05, 3.63) is 57.9 Å². The highest BCUT2D eigenvalue weighted by Crippen LogP contribution is 2.22. The van der Waals surface area contributed by atoms with Crippen LogP contribution in [-0.2, 0) is 37.1 Å². The third kappa shape index (κ3) is 4.92. The van der Waals surface area contributed by atoms with Crippen molar-refractivity contribution in [3.8, 4) is 0 Å². The number of amides is 1. The van der Waals surface area contributed by atoms with Gasteiger partial charge in [0.05, 0.1) is 28.6 Å². The fourth-order valence-corrected chi connectivity index (χ4v) is 4.68. The summed E-state index contributed by atoms with van der Waals surface area (Å²) in [6.45, 7) is -0.160. The third-order valence-corrected chi connectivity index (χ3v) is 6.64. The summed E-state index contributed by atoms with van der Waals surface area (Å²) in [6.07, 6.45) is 1.11. The second-order valence-corrected chi connectivity index (χ2v) is 9.65. The van der Waals surface area contributed by atoms with E-state index in [1.165, 1.54) is 23.8 Å². The molecule has 0 fully saturated rings. The van der Waals surface area contributed by atoms with Gasteiger partial charge in [0.1, 0.15) is 6.54 Å². The molecule has 0 spiro atoms. The molecule has 152 valence electrons. The lowest BCUT2D eigenvalue weighted by Crippen LogP contribution is -2.22. The Balaban J connectivity index is 2.10. The van der Waals surface area contributed by atoms with E-state index >= 15 is 0 Å². The van der Waals surface area contributed by atoms with Gasteiger partial charge in [0.25, 0.3) is 5.91 Å². The minimum atomic E-state index is -3.40. The first kappa shape index (κ1) is 21.2. The molecule has 0 bridgehead atoms. The molecule has 1 aromatic heterocycles. The molecule has 0 saturated heterocycles. The summed E-state index contributed by atoms with van der Waals surface area (Å²) >= 11 is 7.22. The van der Waals surface area contributed by atoms with E-state index in [1.807, 2.05) is 0 Å². The van der Waals surface area contributed by atoms with Crippen LogP contribution in [-0.4, -0.2) is 38.2 Å². The fraction of sp³-hybridized carbons (Fsp3) is 0.211. The zero-order valence-electron chi connectivity index (χ0n) is 15.6. The number of nitrogens with zero attached hydrogens (tertiary/aromatic N) is 2. The normalized spacial score (nSPS) is 12.3. The number of hydrogen-bond donors (Lipinski definition) is 0. The van der Waals surface area contributed by atoms with Gasteiger partial charge >= 0.3 is 5.97 Å². The molecule has 0 unspecified atom stereocenters. The van der Waals surface area contributed by atoms with Crippen molar-refractivity contribution >= 4 is 54.9 Å². The maximum absolute atomic E-state index is 12.5. The first-order chi connectivity index (χ1) is 13.7. The molecule has 3 rings (SSSR count). The number of benzene rings is 2. The molecule has 10 heteroatoms. The molecular formula is C19H17ClN2O5S2. The van der Waals surface area contributed by atoms with Gasteiger partial charge in [0.2, 0.25) is 0 Å². The van der Waals surface area contributed by atoms with Crippen LogP contribution in [0.3, 0.4) is 0 Å². The Labute approximate surface area is 176 Å². The van der Waals surface area contributed by atoms with Gasteiger partial charge in [-0.2, -0.15) is 4.99 Å². The summed E-state index contributed by atoms with van der Waals surface area (Å²) in [6, 6.07) is 11.5. The molecule has 0 atom stereocenters. The van der Waals surface area contributed by atoms with Crippen molar-refractivity contribution in [2.45, 2.75) is 17.9 Å². The first-order valence-corrected chi connectivity index (χ1v) is 11.5. The second kappa shape index (κ2) is 8.48. The fourth-order valence-electron chi connectivity index (χ4n) is 2.67. The monoisotopic (exact) mass is 452 g/mol. The number of sulfone groups is 1. The number of carbonyl (C=O) groups excluding carboxylic acids is 2. The molecule has 0 aliphatic carbocycles. The lowest BCUT2D eigenvalue weighted by Gasteiger charge is -2.04. The molecule has 3 aromatic rings. The molecule has 2 aromatic carbocycles. The Morgan fingerprint density at radius 2 is 1.93 bits per heavy atom. The Kier molecular flexibility index (Phi) is 6.21. The van der Waals surface area contributed by atoms with Crippen LogP contribution in [0.5, 0.6) is 0 Å². The Bertz CT molecular complexity index is 1280. The van der Waals surface area contributed by atoms with Crippen molar-refractivity contribution in [1.29, 1.82) is 0 Å². The Morgan fingerprint density at radius 1 is 1.21 bits per heavy atom. The number of esters is 1. The summed E-state index contributed by atoms with van der Waals surface area (Å²) in [4.78, 5) is 28.9. The molecule has 0 saturated carbocycles. The van der Waals surface area contributed by atoms with Crippen molar-refractivity contribution < 1.29 is 22.7 Å². The minimum absolute atomic E-state index is 0.000726.